The van der Waals surface area contributed by atoms with Crippen LogP contribution in [-0.2, 0) is 9.59 Å². The highest BCUT2D eigenvalue weighted by Crippen LogP contribution is 2.42. The molecule has 0 aromatic heterocycles. The standard InChI is InChI=1S/C32H32N2O5/c1-3-5-6-20-39-27-17-11-24(12-18-27)30(35)28-29(23-9-15-26(16-10-23)38-19-4-2)34(32(37)31(28)36)25-13-7-22(21-33)8-14-25/h7-18,29,35H,3-6,19-20H2,1-2H3/b30-28+. The minimum atomic E-state index is -0.872. The van der Waals surface area contributed by atoms with Crippen molar-refractivity contribution in [1.82, 2.24) is 0 Å². The third-order valence-electron chi connectivity index (χ3n) is 6.53. The van der Waals surface area contributed by atoms with E-state index in [-0.39, 0.29) is 11.3 Å². The van der Waals surface area contributed by atoms with E-state index in [0.717, 1.165) is 25.7 Å². The molecule has 0 spiro atoms. The lowest BCUT2D eigenvalue weighted by atomic mass is 9.95. The second kappa shape index (κ2) is 12.8. The number of carbonyl (C=O) groups excluding carboxylic acids is 2. The van der Waals surface area contributed by atoms with E-state index in [1.54, 1.807) is 72.8 Å². The van der Waals surface area contributed by atoms with E-state index in [2.05, 4.69) is 13.0 Å². The zero-order valence-corrected chi connectivity index (χ0v) is 22.2. The highest BCUT2D eigenvalue weighted by Gasteiger charge is 2.47. The van der Waals surface area contributed by atoms with Gasteiger partial charge in [-0.15, -0.1) is 0 Å². The molecule has 0 aliphatic carbocycles. The van der Waals surface area contributed by atoms with Crippen LogP contribution in [0.15, 0.2) is 78.4 Å². The number of aliphatic hydroxyl groups is 1. The van der Waals surface area contributed by atoms with Gasteiger partial charge < -0.3 is 14.6 Å². The second-order valence-electron chi connectivity index (χ2n) is 9.33. The molecule has 39 heavy (non-hydrogen) atoms. The molecular weight excluding hydrogens is 492 g/mol. The number of Topliss-reactive ketones (excluding diaryl/α,β-unsaturated/α-hetero) is 1. The molecule has 200 valence electrons. The van der Waals surface area contributed by atoms with Crippen LogP contribution in [0, 0.1) is 11.3 Å². The van der Waals surface area contributed by atoms with Crippen molar-refractivity contribution in [3.05, 3.63) is 95.1 Å². The van der Waals surface area contributed by atoms with Crippen LogP contribution in [0.3, 0.4) is 0 Å². The van der Waals surface area contributed by atoms with Gasteiger partial charge in [-0.2, -0.15) is 5.26 Å². The number of benzene rings is 3. The first-order valence-corrected chi connectivity index (χ1v) is 13.3. The number of ether oxygens (including phenoxy) is 2. The Morgan fingerprint density at radius 3 is 2.05 bits per heavy atom. The van der Waals surface area contributed by atoms with E-state index in [0.29, 0.717) is 47.1 Å². The summed E-state index contributed by atoms with van der Waals surface area (Å²) < 4.78 is 11.5. The highest BCUT2D eigenvalue weighted by atomic mass is 16.5. The summed E-state index contributed by atoms with van der Waals surface area (Å²) in [5.41, 5.74) is 1.91. The van der Waals surface area contributed by atoms with Crippen molar-refractivity contribution in [2.75, 3.05) is 18.1 Å². The minimum Gasteiger partial charge on any atom is -0.507 e. The van der Waals surface area contributed by atoms with Crippen LogP contribution in [0.2, 0.25) is 0 Å². The summed E-state index contributed by atoms with van der Waals surface area (Å²) in [6.45, 7) is 5.32. The summed E-state index contributed by atoms with van der Waals surface area (Å²) in [6.07, 6.45) is 4.01. The molecule has 3 aromatic carbocycles. The van der Waals surface area contributed by atoms with Crippen molar-refractivity contribution >= 4 is 23.1 Å². The van der Waals surface area contributed by atoms with Crippen LogP contribution in [0.4, 0.5) is 5.69 Å². The zero-order chi connectivity index (χ0) is 27.8. The van der Waals surface area contributed by atoms with Crippen LogP contribution >= 0.6 is 0 Å². The molecule has 3 aromatic rings. The Kier molecular flexibility index (Phi) is 9.01. The van der Waals surface area contributed by atoms with E-state index in [1.807, 2.05) is 6.92 Å². The molecule has 1 atom stereocenters. The molecule has 0 radical (unpaired) electrons. The highest BCUT2D eigenvalue weighted by molar-refractivity contribution is 6.51. The summed E-state index contributed by atoms with van der Waals surface area (Å²) in [7, 11) is 0. The van der Waals surface area contributed by atoms with Gasteiger partial charge in [0.15, 0.2) is 0 Å². The van der Waals surface area contributed by atoms with Crippen LogP contribution in [0.25, 0.3) is 5.76 Å². The van der Waals surface area contributed by atoms with Crippen molar-refractivity contribution in [3.63, 3.8) is 0 Å². The number of anilines is 1. The first-order valence-electron chi connectivity index (χ1n) is 13.3. The van der Waals surface area contributed by atoms with Gasteiger partial charge >= 0.3 is 0 Å². The molecule has 1 fully saturated rings. The van der Waals surface area contributed by atoms with Crippen LogP contribution in [0.1, 0.15) is 62.3 Å². The Labute approximate surface area is 228 Å². The Morgan fingerprint density at radius 1 is 0.846 bits per heavy atom. The van der Waals surface area contributed by atoms with Gasteiger partial charge in [-0.1, -0.05) is 38.8 Å². The van der Waals surface area contributed by atoms with Crippen molar-refractivity contribution in [3.8, 4) is 17.6 Å². The summed E-state index contributed by atoms with van der Waals surface area (Å²) in [5.74, 6) is -0.467. The van der Waals surface area contributed by atoms with Crippen molar-refractivity contribution in [2.24, 2.45) is 0 Å². The average Bonchev–Trinajstić information content (AvgIpc) is 3.24. The third-order valence-corrected chi connectivity index (χ3v) is 6.53. The number of aliphatic hydroxyl groups excluding tert-OH is 1. The monoisotopic (exact) mass is 524 g/mol. The molecule has 7 heteroatoms. The number of unbranched alkanes of at least 4 members (excludes halogenated alkanes) is 2. The molecule has 7 nitrogen and oxygen atoms in total. The zero-order valence-electron chi connectivity index (χ0n) is 22.2. The van der Waals surface area contributed by atoms with E-state index in [9.17, 15) is 20.0 Å². The number of amides is 1. The molecule has 0 bridgehead atoms. The van der Waals surface area contributed by atoms with E-state index in [4.69, 9.17) is 9.47 Å². The van der Waals surface area contributed by atoms with E-state index < -0.39 is 17.7 Å². The normalized spacial score (nSPS) is 16.2. The van der Waals surface area contributed by atoms with Gasteiger partial charge in [0.2, 0.25) is 0 Å². The summed E-state index contributed by atoms with van der Waals surface area (Å²) in [6, 6.07) is 21.6. The van der Waals surface area contributed by atoms with Gasteiger partial charge in [-0.3, -0.25) is 14.5 Å². The molecule has 1 heterocycles. The van der Waals surface area contributed by atoms with Gasteiger partial charge in [0.05, 0.1) is 36.5 Å². The summed E-state index contributed by atoms with van der Waals surface area (Å²) in [4.78, 5) is 28.1. The van der Waals surface area contributed by atoms with E-state index in [1.165, 1.54) is 4.90 Å². The molecule has 1 unspecified atom stereocenters. The fourth-order valence-electron chi connectivity index (χ4n) is 4.48. The summed E-state index contributed by atoms with van der Waals surface area (Å²) in [5, 5.41) is 20.6. The molecule has 1 N–H and O–H groups in total. The lowest BCUT2D eigenvalue weighted by molar-refractivity contribution is -0.132. The number of nitriles is 1. The Hall–Kier alpha value is -4.57. The van der Waals surface area contributed by atoms with Crippen LogP contribution in [-0.4, -0.2) is 30.0 Å². The maximum atomic E-state index is 13.4. The third kappa shape index (κ3) is 6.12. The maximum absolute atomic E-state index is 13.4. The molecule has 0 saturated carbocycles. The van der Waals surface area contributed by atoms with E-state index >= 15 is 0 Å². The number of ketones is 1. The first-order chi connectivity index (χ1) is 19.0. The van der Waals surface area contributed by atoms with Gasteiger partial charge in [-0.05, 0) is 79.1 Å². The number of carbonyl (C=O) groups is 2. The summed E-state index contributed by atoms with van der Waals surface area (Å²) >= 11 is 0. The molecule has 1 aliphatic heterocycles. The number of rotatable bonds is 11. The Bertz CT molecular complexity index is 1370. The lowest BCUT2D eigenvalue weighted by Crippen LogP contribution is -2.29. The fraction of sp³-hybridized carbons (Fsp3) is 0.281. The largest absolute Gasteiger partial charge is 0.507 e. The van der Waals surface area contributed by atoms with Crippen molar-refractivity contribution in [2.45, 2.75) is 45.6 Å². The first kappa shape index (κ1) is 27.5. The topological polar surface area (TPSA) is 99.9 Å². The molecule has 4 rings (SSSR count). The minimum absolute atomic E-state index is 0.0109. The average molecular weight is 525 g/mol. The number of nitrogens with zero attached hydrogens (tertiary/aromatic N) is 2. The molecule has 1 aliphatic rings. The van der Waals surface area contributed by atoms with Gasteiger partial charge in [0.1, 0.15) is 17.3 Å². The molecule has 1 saturated heterocycles. The Balaban J connectivity index is 1.74. The van der Waals surface area contributed by atoms with Gasteiger partial charge in [0, 0.05) is 11.3 Å². The quantitative estimate of drug-likeness (QED) is 0.132. The maximum Gasteiger partial charge on any atom is 0.300 e. The second-order valence-corrected chi connectivity index (χ2v) is 9.33. The predicted molar refractivity (Wildman–Crippen MR) is 150 cm³/mol. The number of hydrogen-bond donors (Lipinski definition) is 1. The van der Waals surface area contributed by atoms with Crippen molar-refractivity contribution < 1.29 is 24.2 Å². The SMILES string of the molecule is CCCCCOc1ccc(/C(O)=C2\C(=O)C(=O)N(c3ccc(C#N)cc3)C2c2ccc(OCCC)cc2)cc1. The lowest BCUT2D eigenvalue weighted by Gasteiger charge is -2.25. The molecular formula is C32H32N2O5. The van der Waals surface area contributed by atoms with Crippen molar-refractivity contribution in [1.29, 1.82) is 5.26 Å². The fourth-order valence-corrected chi connectivity index (χ4v) is 4.48. The smallest absolute Gasteiger partial charge is 0.300 e. The Morgan fingerprint density at radius 2 is 1.46 bits per heavy atom. The predicted octanol–water partition coefficient (Wildman–Crippen LogP) is 6.54. The van der Waals surface area contributed by atoms with Gasteiger partial charge in [0.25, 0.3) is 11.7 Å². The van der Waals surface area contributed by atoms with Crippen LogP contribution < -0.4 is 14.4 Å². The number of hydrogen-bond acceptors (Lipinski definition) is 6. The molecule has 1 amide bonds. The van der Waals surface area contributed by atoms with Crippen LogP contribution in [0.5, 0.6) is 11.5 Å². The van der Waals surface area contributed by atoms with Gasteiger partial charge in [-0.25, -0.2) is 0 Å².